The SMILES string of the molecule is C=CCN(Cc1cccc(C#N)c1)C(=O)NC[C@H]1CCCO1. The summed E-state index contributed by atoms with van der Waals surface area (Å²) in [7, 11) is 0. The maximum atomic E-state index is 12.3. The molecular weight excluding hydrogens is 278 g/mol. The number of rotatable bonds is 6. The molecule has 0 aliphatic carbocycles. The summed E-state index contributed by atoms with van der Waals surface area (Å²) in [6, 6.07) is 9.24. The van der Waals surface area contributed by atoms with Crippen molar-refractivity contribution in [3.63, 3.8) is 0 Å². The van der Waals surface area contributed by atoms with Crippen molar-refractivity contribution < 1.29 is 9.53 Å². The van der Waals surface area contributed by atoms with Crippen LogP contribution in [0.2, 0.25) is 0 Å². The van der Waals surface area contributed by atoms with Gasteiger partial charge in [0.15, 0.2) is 0 Å². The Bertz CT molecular complexity index is 559. The average Bonchev–Trinajstić information content (AvgIpc) is 3.06. The zero-order valence-corrected chi connectivity index (χ0v) is 12.6. The second kappa shape index (κ2) is 8.20. The molecule has 1 N–H and O–H groups in total. The molecule has 5 heteroatoms. The lowest BCUT2D eigenvalue weighted by Gasteiger charge is -2.23. The third kappa shape index (κ3) is 4.61. The first-order chi connectivity index (χ1) is 10.7. The minimum absolute atomic E-state index is 0.122. The molecule has 1 atom stereocenters. The van der Waals surface area contributed by atoms with Gasteiger partial charge in [0.25, 0.3) is 0 Å². The van der Waals surface area contributed by atoms with Gasteiger partial charge < -0.3 is 15.0 Å². The third-order valence-electron chi connectivity index (χ3n) is 3.57. The van der Waals surface area contributed by atoms with E-state index in [1.54, 1.807) is 23.1 Å². The molecule has 2 rings (SSSR count). The number of carbonyl (C=O) groups excluding carboxylic acids is 1. The molecule has 0 unspecified atom stereocenters. The number of nitriles is 1. The number of nitrogens with one attached hydrogen (secondary N) is 1. The minimum Gasteiger partial charge on any atom is -0.376 e. The first-order valence-corrected chi connectivity index (χ1v) is 7.47. The lowest BCUT2D eigenvalue weighted by Crippen LogP contribution is -2.42. The lowest BCUT2D eigenvalue weighted by atomic mass is 10.1. The first-order valence-electron chi connectivity index (χ1n) is 7.47. The van der Waals surface area contributed by atoms with Crippen molar-refractivity contribution in [2.75, 3.05) is 19.7 Å². The van der Waals surface area contributed by atoms with Crippen LogP contribution in [0.1, 0.15) is 24.0 Å². The number of ether oxygens (including phenoxy) is 1. The van der Waals surface area contributed by atoms with Crippen LogP contribution in [0.4, 0.5) is 4.79 Å². The van der Waals surface area contributed by atoms with Crippen LogP contribution in [0, 0.1) is 11.3 Å². The molecule has 0 saturated carbocycles. The summed E-state index contributed by atoms with van der Waals surface area (Å²) >= 11 is 0. The minimum atomic E-state index is -0.141. The molecule has 1 fully saturated rings. The third-order valence-corrected chi connectivity index (χ3v) is 3.57. The van der Waals surface area contributed by atoms with Gasteiger partial charge in [-0.25, -0.2) is 4.79 Å². The van der Waals surface area contributed by atoms with Gasteiger partial charge in [0.05, 0.1) is 17.7 Å². The summed E-state index contributed by atoms with van der Waals surface area (Å²) in [6.07, 6.45) is 3.86. The van der Waals surface area contributed by atoms with Gasteiger partial charge in [0, 0.05) is 26.2 Å². The van der Waals surface area contributed by atoms with Crippen LogP contribution in [0.3, 0.4) is 0 Å². The van der Waals surface area contributed by atoms with E-state index in [1.807, 2.05) is 12.1 Å². The Balaban J connectivity index is 1.94. The fourth-order valence-electron chi connectivity index (χ4n) is 2.45. The van der Waals surface area contributed by atoms with Gasteiger partial charge in [-0.15, -0.1) is 6.58 Å². The maximum absolute atomic E-state index is 12.3. The van der Waals surface area contributed by atoms with Crippen LogP contribution in [0.25, 0.3) is 0 Å². The van der Waals surface area contributed by atoms with Crippen LogP contribution >= 0.6 is 0 Å². The molecule has 2 amide bonds. The second-order valence-electron chi connectivity index (χ2n) is 5.30. The van der Waals surface area contributed by atoms with Gasteiger partial charge in [-0.3, -0.25) is 0 Å². The van der Waals surface area contributed by atoms with E-state index in [1.165, 1.54) is 0 Å². The summed E-state index contributed by atoms with van der Waals surface area (Å²) in [5.41, 5.74) is 1.52. The highest BCUT2D eigenvalue weighted by molar-refractivity contribution is 5.74. The number of urea groups is 1. The number of nitrogens with zero attached hydrogens (tertiary/aromatic N) is 2. The highest BCUT2D eigenvalue weighted by atomic mass is 16.5. The van der Waals surface area contributed by atoms with E-state index >= 15 is 0 Å². The van der Waals surface area contributed by atoms with Gasteiger partial charge in [-0.1, -0.05) is 18.2 Å². The summed E-state index contributed by atoms with van der Waals surface area (Å²) in [5.74, 6) is 0. The monoisotopic (exact) mass is 299 g/mol. The van der Waals surface area contributed by atoms with Crippen LogP contribution in [0.15, 0.2) is 36.9 Å². The van der Waals surface area contributed by atoms with Gasteiger partial charge >= 0.3 is 6.03 Å². The van der Waals surface area contributed by atoms with Crippen molar-refractivity contribution in [3.8, 4) is 6.07 Å². The molecule has 1 aromatic carbocycles. The van der Waals surface area contributed by atoms with Crippen molar-refractivity contribution in [2.24, 2.45) is 0 Å². The predicted molar refractivity (Wildman–Crippen MR) is 84.1 cm³/mol. The van der Waals surface area contributed by atoms with E-state index in [4.69, 9.17) is 10.00 Å². The van der Waals surface area contributed by atoms with E-state index in [9.17, 15) is 4.79 Å². The van der Waals surface area contributed by atoms with Crippen molar-refractivity contribution in [3.05, 3.63) is 48.0 Å². The van der Waals surface area contributed by atoms with Gasteiger partial charge in [-0.05, 0) is 30.5 Å². The Labute approximate surface area is 131 Å². The molecule has 0 spiro atoms. The second-order valence-corrected chi connectivity index (χ2v) is 5.30. The molecule has 1 aliphatic rings. The lowest BCUT2D eigenvalue weighted by molar-refractivity contribution is 0.109. The van der Waals surface area contributed by atoms with E-state index in [0.717, 1.165) is 25.0 Å². The Morgan fingerprint density at radius 1 is 1.59 bits per heavy atom. The topological polar surface area (TPSA) is 65.4 Å². The molecule has 1 heterocycles. The maximum Gasteiger partial charge on any atom is 0.318 e. The van der Waals surface area contributed by atoms with Crippen LogP contribution in [-0.4, -0.2) is 36.7 Å². The van der Waals surface area contributed by atoms with Crippen LogP contribution in [0.5, 0.6) is 0 Å². The number of amides is 2. The average molecular weight is 299 g/mol. The van der Waals surface area contributed by atoms with Gasteiger partial charge in [0.1, 0.15) is 0 Å². The zero-order chi connectivity index (χ0) is 15.8. The fraction of sp³-hybridized carbons (Fsp3) is 0.412. The molecule has 0 bridgehead atoms. The van der Waals surface area contributed by atoms with E-state index in [-0.39, 0.29) is 12.1 Å². The summed E-state index contributed by atoms with van der Waals surface area (Å²) in [5, 5.41) is 11.8. The fourth-order valence-corrected chi connectivity index (χ4v) is 2.45. The summed E-state index contributed by atoms with van der Waals surface area (Å²) in [4.78, 5) is 14.0. The van der Waals surface area contributed by atoms with Crippen molar-refractivity contribution >= 4 is 6.03 Å². The van der Waals surface area contributed by atoms with E-state index in [2.05, 4.69) is 18.0 Å². The van der Waals surface area contributed by atoms with Crippen molar-refractivity contribution in [1.29, 1.82) is 5.26 Å². The standard InChI is InChI=1S/C17H21N3O2/c1-2-8-20(13-15-6-3-5-14(10-15)11-18)17(21)19-12-16-7-4-9-22-16/h2-3,5-6,10,16H,1,4,7-9,12-13H2,(H,19,21)/t16-/m1/s1. The van der Waals surface area contributed by atoms with Gasteiger partial charge in [-0.2, -0.15) is 5.26 Å². The molecule has 5 nitrogen and oxygen atoms in total. The summed E-state index contributed by atoms with van der Waals surface area (Å²) in [6.45, 7) is 5.90. The molecule has 0 aromatic heterocycles. The quantitative estimate of drug-likeness (QED) is 0.820. The predicted octanol–water partition coefficient (Wildman–Crippen LogP) is 2.43. The molecule has 1 aromatic rings. The summed E-state index contributed by atoms with van der Waals surface area (Å²) < 4.78 is 5.50. The van der Waals surface area contributed by atoms with Crippen molar-refractivity contribution in [2.45, 2.75) is 25.5 Å². The Morgan fingerprint density at radius 2 is 2.45 bits per heavy atom. The molecule has 0 radical (unpaired) electrons. The van der Waals surface area contributed by atoms with E-state index in [0.29, 0.717) is 25.2 Å². The Hall–Kier alpha value is -2.32. The number of carbonyl (C=O) groups is 1. The molecule has 1 saturated heterocycles. The highest BCUT2D eigenvalue weighted by Gasteiger charge is 2.18. The normalized spacial score (nSPS) is 16.8. The Kier molecular flexibility index (Phi) is 5.99. The number of benzene rings is 1. The highest BCUT2D eigenvalue weighted by Crippen LogP contribution is 2.11. The molecule has 22 heavy (non-hydrogen) atoms. The smallest absolute Gasteiger partial charge is 0.318 e. The number of hydrogen-bond donors (Lipinski definition) is 1. The van der Waals surface area contributed by atoms with Crippen molar-refractivity contribution in [1.82, 2.24) is 10.2 Å². The first kappa shape index (κ1) is 16.1. The zero-order valence-electron chi connectivity index (χ0n) is 12.6. The van der Waals surface area contributed by atoms with Crippen LogP contribution in [-0.2, 0) is 11.3 Å². The largest absolute Gasteiger partial charge is 0.376 e. The van der Waals surface area contributed by atoms with E-state index < -0.39 is 0 Å². The molecular formula is C17H21N3O2. The number of hydrogen-bond acceptors (Lipinski definition) is 3. The Morgan fingerprint density at radius 3 is 3.14 bits per heavy atom. The molecule has 116 valence electrons. The van der Waals surface area contributed by atoms with Crippen LogP contribution < -0.4 is 5.32 Å². The molecule has 1 aliphatic heterocycles. The van der Waals surface area contributed by atoms with Gasteiger partial charge in [0.2, 0.25) is 0 Å².